The van der Waals surface area contributed by atoms with Gasteiger partial charge in [-0.1, -0.05) is 6.07 Å². The summed E-state index contributed by atoms with van der Waals surface area (Å²) in [5.74, 6) is 2.41. The van der Waals surface area contributed by atoms with Crippen LogP contribution in [0.3, 0.4) is 0 Å². The van der Waals surface area contributed by atoms with Crippen LogP contribution in [0.15, 0.2) is 18.2 Å². The molecule has 0 fully saturated rings. The first-order chi connectivity index (χ1) is 10.6. The fraction of sp³-hybridized carbons (Fsp3) is 0.438. The Morgan fingerprint density at radius 1 is 1.36 bits per heavy atom. The van der Waals surface area contributed by atoms with E-state index in [1.807, 2.05) is 26.1 Å². The Morgan fingerprint density at radius 3 is 2.91 bits per heavy atom. The lowest BCUT2D eigenvalue weighted by molar-refractivity contribution is 0.174. The molecule has 0 radical (unpaired) electrons. The summed E-state index contributed by atoms with van der Waals surface area (Å²) in [7, 11) is 3.55. The average Bonchev–Trinajstić information content (AvgIpc) is 3.07. The summed E-state index contributed by atoms with van der Waals surface area (Å²) in [5.41, 5.74) is 3.21. The minimum absolute atomic E-state index is 0.179. The molecule has 1 unspecified atom stereocenters. The maximum atomic E-state index is 5.43. The van der Waals surface area contributed by atoms with Crippen LogP contribution in [0.25, 0.3) is 0 Å². The quantitative estimate of drug-likeness (QED) is 0.918. The maximum absolute atomic E-state index is 5.43. The van der Waals surface area contributed by atoms with Crippen LogP contribution in [0.4, 0.5) is 0 Å². The molecule has 0 saturated carbocycles. The number of aromatic nitrogens is 2. The molecule has 0 bridgehead atoms. The second kappa shape index (κ2) is 5.88. The molecule has 3 rings (SSSR count). The number of hydrogen-bond acceptors (Lipinski definition) is 5. The Balaban J connectivity index is 1.71. The Morgan fingerprint density at radius 2 is 2.14 bits per heavy atom. The predicted octanol–water partition coefficient (Wildman–Crippen LogP) is 2.32. The summed E-state index contributed by atoms with van der Waals surface area (Å²) in [6, 6.07) is 6.20. The van der Waals surface area contributed by atoms with Crippen LogP contribution in [0, 0.1) is 6.92 Å². The van der Waals surface area contributed by atoms with Gasteiger partial charge in [0.2, 0.25) is 12.7 Å². The Kier molecular flexibility index (Phi) is 3.94. The van der Waals surface area contributed by atoms with Crippen LogP contribution in [-0.4, -0.2) is 23.7 Å². The number of rotatable bonds is 5. The fourth-order valence-corrected chi connectivity index (χ4v) is 2.70. The molecule has 0 saturated heterocycles. The fourth-order valence-electron chi connectivity index (χ4n) is 2.70. The molecule has 22 heavy (non-hydrogen) atoms. The SMILES string of the molecule is COc1c(CNC(C)c2ccc3c(c2)OCO3)c(C)nn1C. The highest BCUT2D eigenvalue weighted by atomic mass is 16.7. The Labute approximate surface area is 130 Å². The molecule has 1 aliphatic rings. The minimum Gasteiger partial charge on any atom is -0.481 e. The third-order valence-electron chi connectivity index (χ3n) is 3.96. The van der Waals surface area contributed by atoms with Crippen molar-refractivity contribution in [2.75, 3.05) is 13.9 Å². The standard InChI is InChI=1S/C16H21N3O3/c1-10(12-5-6-14-15(7-12)22-9-21-14)17-8-13-11(2)18-19(3)16(13)20-4/h5-7,10,17H,8-9H2,1-4H3. The lowest BCUT2D eigenvalue weighted by Gasteiger charge is -2.15. The molecule has 118 valence electrons. The highest BCUT2D eigenvalue weighted by Crippen LogP contribution is 2.34. The molecule has 0 spiro atoms. The first-order valence-corrected chi connectivity index (χ1v) is 7.29. The third kappa shape index (κ3) is 2.62. The monoisotopic (exact) mass is 303 g/mol. The lowest BCUT2D eigenvalue weighted by Crippen LogP contribution is -2.18. The number of nitrogens with one attached hydrogen (secondary N) is 1. The van der Waals surface area contributed by atoms with Crippen LogP contribution in [0.2, 0.25) is 0 Å². The number of ether oxygens (including phenoxy) is 3. The zero-order chi connectivity index (χ0) is 15.7. The van der Waals surface area contributed by atoms with Gasteiger partial charge in [0.15, 0.2) is 11.5 Å². The molecule has 0 aliphatic carbocycles. The second-order valence-corrected chi connectivity index (χ2v) is 5.41. The van der Waals surface area contributed by atoms with Gasteiger partial charge in [0, 0.05) is 19.6 Å². The van der Waals surface area contributed by atoms with Crippen molar-refractivity contribution in [1.82, 2.24) is 15.1 Å². The van der Waals surface area contributed by atoms with Gasteiger partial charge < -0.3 is 19.5 Å². The summed E-state index contributed by atoms with van der Waals surface area (Å²) in [6.07, 6.45) is 0. The summed E-state index contributed by atoms with van der Waals surface area (Å²) < 4.78 is 17.9. The third-order valence-corrected chi connectivity index (χ3v) is 3.96. The molecule has 6 heteroatoms. The zero-order valence-corrected chi connectivity index (χ0v) is 13.3. The molecule has 1 aliphatic heterocycles. The van der Waals surface area contributed by atoms with E-state index in [1.54, 1.807) is 11.8 Å². The molecular weight excluding hydrogens is 282 g/mol. The van der Waals surface area contributed by atoms with Crippen molar-refractivity contribution in [3.8, 4) is 17.4 Å². The molecule has 2 heterocycles. The van der Waals surface area contributed by atoms with Crippen molar-refractivity contribution in [3.63, 3.8) is 0 Å². The molecule has 1 aromatic heterocycles. The number of hydrogen-bond donors (Lipinski definition) is 1. The number of benzene rings is 1. The topological polar surface area (TPSA) is 57.5 Å². The number of nitrogens with zero attached hydrogens (tertiary/aromatic N) is 2. The van der Waals surface area contributed by atoms with Crippen molar-refractivity contribution in [3.05, 3.63) is 35.0 Å². The van der Waals surface area contributed by atoms with E-state index in [9.17, 15) is 0 Å². The normalized spacial score (nSPS) is 14.2. The average molecular weight is 303 g/mol. The van der Waals surface area contributed by atoms with Crippen LogP contribution in [0.1, 0.15) is 29.8 Å². The number of fused-ring (bicyclic) bond motifs is 1. The smallest absolute Gasteiger partial charge is 0.231 e. The Hall–Kier alpha value is -2.21. The van der Waals surface area contributed by atoms with Gasteiger partial charge in [-0.3, -0.25) is 0 Å². The van der Waals surface area contributed by atoms with Crippen molar-refractivity contribution < 1.29 is 14.2 Å². The van der Waals surface area contributed by atoms with Crippen molar-refractivity contribution in [1.29, 1.82) is 0 Å². The molecule has 1 N–H and O–H groups in total. The summed E-state index contributed by atoms with van der Waals surface area (Å²) in [6.45, 7) is 5.10. The summed E-state index contributed by atoms with van der Waals surface area (Å²) in [5, 5.41) is 7.90. The van der Waals surface area contributed by atoms with Crippen molar-refractivity contribution in [2.24, 2.45) is 7.05 Å². The van der Waals surface area contributed by atoms with Crippen LogP contribution < -0.4 is 19.5 Å². The van der Waals surface area contributed by atoms with E-state index >= 15 is 0 Å². The van der Waals surface area contributed by atoms with Gasteiger partial charge in [-0.2, -0.15) is 5.10 Å². The summed E-state index contributed by atoms with van der Waals surface area (Å²) in [4.78, 5) is 0. The van der Waals surface area contributed by atoms with Gasteiger partial charge in [-0.25, -0.2) is 4.68 Å². The van der Waals surface area contributed by atoms with Crippen LogP contribution in [0.5, 0.6) is 17.4 Å². The Bertz CT molecular complexity index is 682. The molecular formula is C16H21N3O3. The van der Waals surface area contributed by atoms with E-state index < -0.39 is 0 Å². The molecule has 0 amide bonds. The van der Waals surface area contributed by atoms with Gasteiger partial charge in [-0.05, 0) is 31.5 Å². The zero-order valence-electron chi connectivity index (χ0n) is 13.3. The van der Waals surface area contributed by atoms with Gasteiger partial charge in [0.1, 0.15) is 0 Å². The highest BCUT2D eigenvalue weighted by molar-refractivity contribution is 5.45. The van der Waals surface area contributed by atoms with E-state index in [0.717, 1.165) is 34.2 Å². The largest absolute Gasteiger partial charge is 0.481 e. The predicted molar refractivity (Wildman–Crippen MR) is 82.3 cm³/mol. The van der Waals surface area contributed by atoms with Crippen molar-refractivity contribution in [2.45, 2.75) is 26.4 Å². The molecule has 2 aromatic rings. The lowest BCUT2D eigenvalue weighted by atomic mass is 10.1. The maximum Gasteiger partial charge on any atom is 0.231 e. The van der Waals surface area contributed by atoms with E-state index in [1.165, 1.54) is 0 Å². The van der Waals surface area contributed by atoms with Gasteiger partial charge >= 0.3 is 0 Å². The van der Waals surface area contributed by atoms with Gasteiger partial charge in [0.25, 0.3) is 0 Å². The number of methoxy groups -OCH3 is 1. The van der Waals surface area contributed by atoms with E-state index in [4.69, 9.17) is 14.2 Å². The molecule has 1 aromatic carbocycles. The first-order valence-electron chi connectivity index (χ1n) is 7.29. The number of aryl methyl sites for hydroxylation is 2. The van der Waals surface area contributed by atoms with E-state index in [2.05, 4.69) is 23.4 Å². The van der Waals surface area contributed by atoms with E-state index in [-0.39, 0.29) is 6.04 Å². The minimum atomic E-state index is 0.179. The second-order valence-electron chi connectivity index (χ2n) is 5.41. The highest BCUT2D eigenvalue weighted by Gasteiger charge is 2.17. The summed E-state index contributed by atoms with van der Waals surface area (Å²) >= 11 is 0. The van der Waals surface area contributed by atoms with Gasteiger partial charge in [0.05, 0.1) is 18.4 Å². The first kappa shape index (κ1) is 14.7. The van der Waals surface area contributed by atoms with Gasteiger partial charge in [-0.15, -0.1) is 0 Å². The molecule has 1 atom stereocenters. The van der Waals surface area contributed by atoms with Crippen molar-refractivity contribution >= 4 is 0 Å². The van der Waals surface area contributed by atoms with Crippen LogP contribution >= 0.6 is 0 Å². The van der Waals surface area contributed by atoms with E-state index in [0.29, 0.717) is 13.3 Å². The molecule has 6 nitrogen and oxygen atoms in total. The van der Waals surface area contributed by atoms with Crippen LogP contribution in [-0.2, 0) is 13.6 Å².